The van der Waals surface area contributed by atoms with Gasteiger partial charge in [-0.2, -0.15) is 0 Å². The molecule has 2 N–H and O–H groups in total. The van der Waals surface area contributed by atoms with Crippen LogP contribution in [0.4, 0.5) is 11.4 Å². The van der Waals surface area contributed by atoms with E-state index in [1.807, 2.05) is 23.6 Å². The number of rotatable bonds is 5. The van der Waals surface area contributed by atoms with E-state index < -0.39 is 10.0 Å². The molecule has 2 aromatic rings. The van der Waals surface area contributed by atoms with Crippen molar-refractivity contribution in [3.05, 3.63) is 45.1 Å². The predicted octanol–water partition coefficient (Wildman–Crippen LogP) is 3.49. The normalized spacial score (nSPS) is 11.3. The quantitative estimate of drug-likeness (QED) is 0.857. The molecule has 0 aliphatic carbocycles. The number of anilines is 2. The molecule has 1 aromatic heterocycles. The summed E-state index contributed by atoms with van der Waals surface area (Å²) >= 11 is 5.11. The van der Waals surface area contributed by atoms with Gasteiger partial charge in [0.1, 0.15) is 0 Å². The average molecular weight is 361 g/mol. The molecule has 0 fully saturated rings. The molecule has 0 saturated carbocycles. The first kappa shape index (κ1) is 14.4. The Bertz CT molecular complexity index is 668. The Balaban J connectivity index is 2.14. The van der Waals surface area contributed by atoms with E-state index in [-0.39, 0.29) is 0 Å². The second-order valence-electron chi connectivity index (χ2n) is 3.97. The minimum absolute atomic E-state index is 0.553. The van der Waals surface area contributed by atoms with Crippen LogP contribution in [-0.4, -0.2) is 14.7 Å². The lowest BCUT2D eigenvalue weighted by atomic mass is 10.2. The Kier molecular flexibility index (Phi) is 4.49. The summed E-state index contributed by atoms with van der Waals surface area (Å²) < 4.78 is 26.1. The van der Waals surface area contributed by atoms with Crippen LogP contribution in [-0.2, 0) is 16.6 Å². The van der Waals surface area contributed by atoms with Crippen molar-refractivity contribution in [2.24, 2.45) is 0 Å². The van der Waals surface area contributed by atoms with Gasteiger partial charge in [0, 0.05) is 9.35 Å². The lowest BCUT2D eigenvalue weighted by Crippen LogP contribution is -2.11. The lowest BCUT2D eigenvalue weighted by molar-refractivity contribution is 0.607. The molecule has 0 radical (unpaired) electrons. The molecule has 7 heteroatoms. The summed E-state index contributed by atoms with van der Waals surface area (Å²) in [7, 11) is -3.28. The van der Waals surface area contributed by atoms with Gasteiger partial charge in [-0.3, -0.25) is 4.72 Å². The van der Waals surface area contributed by atoms with Crippen molar-refractivity contribution < 1.29 is 8.42 Å². The molecule has 19 heavy (non-hydrogen) atoms. The van der Waals surface area contributed by atoms with Crippen molar-refractivity contribution in [2.75, 3.05) is 16.3 Å². The Labute approximate surface area is 125 Å². The summed E-state index contributed by atoms with van der Waals surface area (Å²) in [6.07, 6.45) is 1.14. The molecule has 1 heterocycles. The molecule has 0 aliphatic heterocycles. The van der Waals surface area contributed by atoms with E-state index in [0.717, 1.165) is 21.3 Å². The van der Waals surface area contributed by atoms with E-state index in [0.29, 0.717) is 12.2 Å². The maximum absolute atomic E-state index is 11.3. The van der Waals surface area contributed by atoms with Gasteiger partial charge in [0.25, 0.3) is 0 Å². The van der Waals surface area contributed by atoms with Crippen molar-refractivity contribution in [3.63, 3.8) is 0 Å². The third-order valence-electron chi connectivity index (χ3n) is 2.35. The fourth-order valence-corrected chi connectivity index (χ4v) is 3.56. The second kappa shape index (κ2) is 5.94. The minimum atomic E-state index is -3.28. The topological polar surface area (TPSA) is 58.2 Å². The summed E-state index contributed by atoms with van der Waals surface area (Å²) in [5.41, 5.74) is 1.31. The Morgan fingerprint density at radius 2 is 1.89 bits per heavy atom. The lowest BCUT2D eigenvalue weighted by Gasteiger charge is -2.12. The molecule has 0 unspecified atom stereocenters. The van der Waals surface area contributed by atoms with Crippen LogP contribution < -0.4 is 10.0 Å². The highest BCUT2D eigenvalue weighted by atomic mass is 79.9. The fraction of sp³-hybridized carbons (Fsp3) is 0.167. The number of para-hydroxylation sites is 2. The summed E-state index contributed by atoms with van der Waals surface area (Å²) in [4.78, 5) is 1.16. The van der Waals surface area contributed by atoms with Gasteiger partial charge in [0.05, 0.1) is 24.2 Å². The van der Waals surface area contributed by atoms with Gasteiger partial charge in [-0.05, 0) is 39.5 Å². The highest BCUT2D eigenvalue weighted by Crippen LogP contribution is 2.26. The fourth-order valence-electron chi connectivity index (χ4n) is 1.55. The SMILES string of the molecule is CS(=O)(=O)Nc1ccccc1NCc1sccc1Br. The molecular weight excluding hydrogens is 348 g/mol. The number of hydrogen-bond acceptors (Lipinski definition) is 4. The van der Waals surface area contributed by atoms with E-state index in [1.54, 1.807) is 23.5 Å². The number of thiophene rings is 1. The Hall–Kier alpha value is -1.05. The van der Waals surface area contributed by atoms with Crippen molar-refractivity contribution >= 4 is 48.7 Å². The molecule has 2 rings (SSSR count). The van der Waals surface area contributed by atoms with E-state index >= 15 is 0 Å². The molecule has 0 amide bonds. The first-order chi connectivity index (χ1) is 8.96. The summed E-state index contributed by atoms with van der Waals surface area (Å²) in [5, 5.41) is 5.23. The van der Waals surface area contributed by atoms with Gasteiger partial charge < -0.3 is 5.32 Å². The minimum Gasteiger partial charge on any atom is -0.378 e. The Morgan fingerprint density at radius 3 is 2.47 bits per heavy atom. The van der Waals surface area contributed by atoms with Gasteiger partial charge in [0.2, 0.25) is 10.0 Å². The van der Waals surface area contributed by atoms with E-state index in [1.165, 1.54) is 0 Å². The zero-order valence-corrected chi connectivity index (χ0v) is 13.4. The molecular formula is C12H13BrN2O2S2. The second-order valence-corrected chi connectivity index (χ2v) is 7.57. The maximum Gasteiger partial charge on any atom is 0.229 e. The van der Waals surface area contributed by atoms with Crippen molar-refractivity contribution in [2.45, 2.75) is 6.54 Å². The van der Waals surface area contributed by atoms with Gasteiger partial charge in [-0.15, -0.1) is 11.3 Å². The van der Waals surface area contributed by atoms with Gasteiger partial charge >= 0.3 is 0 Å². The number of benzene rings is 1. The summed E-state index contributed by atoms with van der Waals surface area (Å²) in [5.74, 6) is 0. The molecule has 4 nitrogen and oxygen atoms in total. The van der Waals surface area contributed by atoms with Crippen LogP contribution in [0.15, 0.2) is 40.2 Å². The average Bonchev–Trinajstić information content (AvgIpc) is 2.72. The molecule has 0 atom stereocenters. The number of nitrogens with one attached hydrogen (secondary N) is 2. The predicted molar refractivity (Wildman–Crippen MR) is 84.3 cm³/mol. The van der Waals surface area contributed by atoms with Crippen LogP contribution in [0.5, 0.6) is 0 Å². The highest BCUT2D eigenvalue weighted by molar-refractivity contribution is 9.10. The summed E-state index contributed by atoms with van der Waals surface area (Å²) in [6.45, 7) is 0.640. The zero-order valence-electron chi connectivity index (χ0n) is 10.2. The third kappa shape index (κ3) is 4.22. The third-order valence-corrected chi connectivity index (χ3v) is 4.87. The first-order valence-corrected chi connectivity index (χ1v) is 9.05. The van der Waals surface area contributed by atoms with Crippen LogP contribution in [0, 0.1) is 0 Å². The van der Waals surface area contributed by atoms with Crippen LogP contribution in [0.2, 0.25) is 0 Å². The number of halogens is 1. The Morgan fingerprint density at radius 1 is 1.21 bits per heavy atom. The molecule has 0 saturated heterocycles. The van der Waals surface area contributed by atoms with Gasteiger partial charge in [-0.1, -0.05) is 12.1 Å². The first-order valence-electron chi connectivity index (χ1n) is 5.48. The van der Waals surface area contributed by atoms with Crippen molar-refractivity contribution in [3.8, 4) is 0 Å². The highest BCUT2D eigenvalue weighted by Gasteiger charge is 2.07. The molecule has 1 aromatic carbocycles. The zero-order chi connectivity index (χ0) is 13.9. The smallest absolute Gasteiger partial charge is 0.229 e. The van der Waals surface area contributed by atoms with Gasteiger partial charge in [-0.25, -0.2) is 8.42 Å². The van der Waals surface area contributed by atoms with E-state index in [9.17, 15) is 8.42 Å². The standard InChI is InChI=1S/C12H13BrN2O2S2/c1-19(16,17)15-11-5-3-2-4-10(11)14-8-12-9(13)6-7-18-12/h2-7,14-15H,8H2,1H3. The largest absolute Gasteiger partial charge is 0.378 e. The maximum atomic E-state index is 11.3. The summed E-state index contributed by atoms with van der Waals surface area (Å²) in [6, 6.07) is 9.21. The van der Waals surface area contributed by atoms with E-state index in [4.69, 9.17) is 0 Å². The van der Waals surface area contributed by atoms with Crippen molar-refractivity contribution in [1.29, 1.82) is 0 Å². The monoisotopic (exact) mass is 360 g/mol. The van der Waals surface area contributed by atoms with Crippen LogP contribution in [0.1, 0.15) is 4.88 Å². The van der Waals surface area contributed by atoms with Crippen LogP contribution >= 0.6 is 27.3 Å². The molecule has 0 aliphatic rings. The molecule has 0 bridgehead atoms. The van der Waals surface area contributed by atoms with Crippen LogP contribution in [0.3, 0.4) is 0 Å². The van der Waals surface area contributed by atoms with Crippen molar-refractivity contribution in [1.82, 2.24) is 0 Å². The molecule has 0 spiro atoms. The molecule has 102 valence electrons. The van der Waals surface area contributed by atoms with Gasteiger partial charge in [0.15, 0.2) is 0 Å². The van der Waals surface area contributed by atoms with E-state index in [2.05, 4.69) is 26.0 Å². The number of hydrogen-bond donors (Lipinski definition) is 2. The number of sulfonamides is 1. The van der Waals surface area contributed by atoms with Crippen LogP contribution in [0.25, 0.3) is 0 Å².